The Bertz CT molecular complexity index is 2180. The number of benzene rings is 6. The van der Waals surface area contributed by atoms with Gasteiger partial charge in [-0.1, -0.05) is 84.9 Å². The first-order valence-corrected chi connectivity index (χ1v) is 15.0. The first-order chi connectivity index (χ1) is 22.1. The minimum Gasteiger partial charge on any atom is -0.289 e. The second kappa shape index (κ2) is 9.76. The van der Waals surface area contributed by atoms with E-state index in [-0.39, 0.29) is 11.6 Å². The third-order valence-electron chi connectivity index (χ3n) is 9.07. The summed E-state index contributed by atoms with van der Waals surface area (Å²) < 4.78 is 0. The summed E-state index contributed by atoms with van der Waals surface area (Å²) in [5.41, 5.74) is 15.4. The number of nitrogens with zero attached hydrogens (tertiary/aromatic N) is 2. The normalized spacial score (nSPS) is 13.6. The lowest BCUT2D eigenvalue weighted by molar-refractivity contribution is 0.103. The summed E-state index contributed by atoms with van der Waals surface area (Å²) in [6, 6.07) is 40.1. The Hall–Kier alpha value is -6.00. The number of carbonyl (C=O) groups is 2. The molecule has 6 aromatic rings. The van der Waals surface area contributed by atoms with Crippen LogP contribution in [0.1, 0.15) is 54.1 Å². The third kappa shape index (κ3) is 4.07. The van der Waals surface area contributed by atoms with Gasteiger partial charge in [0.1, 0.15) is 0 Å². The average molecular weight is 577 g/mol. The van der Waals surface area contributed by atoms with Gasteiger partial charge in [-0.15, -0.1) is 0 Å². The van der Waals surface area contributed by atoms with Crippen LogP contribution in [0, 0.1) is 0 Å². The summed E-state index contributed by atoms with van der Waals surface area (Å²) in [6.45, 7) is 0. The molecule has 0 unspecified atom stereocenters. The van der Waals surface area contributed by atoms with E-state index in [4.69, 9.17) is 9.98 Å². The van der Waals surface area contributed by atoms with Gasteiger partial charge in [0, 0.05) is 34.7 Å². The first kappa shape index (κ1) is 25.5. The summed E-state index contributed by atoms with van der Waals surface area (Å²) in [7, 11) is 0. The minimum absolute atomic E-state index is 0.0724. The van der Waals surface area contributed by atoms with Crippen molar-refractivity contribution < 1.29 is 9.59 Å². The number of carbonyl (C=O) groups excluding carboxylic acids is 2. The monoisotopic (exact) mass is 576 g/mol. The van der Waals surface area contributed by atoms with Gasteiger partial charge in [-0.25, -0.2) is 0 Å². The highest BCUT2D eigenvalue weighted by molar-refractivity contribution is 6.23. The zero-order valence-electron chi connectivity index (χ0n) is 24.1. The van der Waals surface area contributed by atoms with Gasteiger partial charge in [0.25, 0.3) is 0 Å². The Kier molecular flexibility index (Phi) is 5.53. The smallest absolute Gasteiger partial charge is 0.194 e. The SMILES string of the molecule is O=C1c2ccccc2-c2ccc(C=Nc3ccc4c(c3)Cc3cc(N=Cc5ccc6c(c5)C(=O)c5ccccc5-6)ccc3-4)cc21. The van der Waals surface area contributed by atoms with Gasteiger partial charge in [-0.3, -0.25) is 19.6 Å². The van der Waals surface area contributed by atoms with Crippen LogP contribution in [0.2, 0.25) is 0 Å². The van der Waals surface area contributed by atoms with E-state index in [2.05, 4.69) is 24.3 Å². The first-order valence-electron chi connectivity index (χ1n) is 15.0. The lowest BCUT2D eigenvalue weighted by Gasteiger charge is -2.04. The molecule has 0 fully saturated rings. The van der Waals surface area contributed by atoms with Crippen LogP contribution in [0.4, 0.5) is 11.4 Å². The lowest BCUT2D eigenvalue weighted by Crippen LogP contribution is -1.95. The predicted octanol–water partition coefficient (Wildman–Crippen LogP) is 9.18. The molecule has 0 saturated carbocycles. The Morgan fingerprint density at radius 1 is 0.400 bits per heavy atom. The van der Waals surface area contributed by atoms with Crippen molar-refractivity contribution in [2.24, 2.45) is 9.98 Å². The highest BCUT2D eigenvalue weighted by Crippen LogP contribution is 2.41. The lowest BCUT2D eigenvalue weighted by atomic mass is 10.0. The van der Waals surface area contributed by atoms with E-state index in [9.17, 15) is 9.59 Å². The summed E-state index contributed by atoms with van der Waals surface area (Å²) >= 11 is 0. The molecule has 45 heavy (non-hydrogen) atoms. The highest BCUT2D eigenvalue weighted by atomic mass is 16.1. The molecule has 0 saturated heterocycles. The Labute approximate surface area is 260 Å². The minimum atomic E-state index is 0.0724. The van der Waals surface area contributed by atoms with Crippen molar-refractivity contribution in [3.05, 3.63) is 166 Å². The maximum atomic E-state index is 12.9. The van der Waals surface area contributed by atoms with Crippen molar-refractivity contribution in [1.82, 2.24) is 0 Å². The molecule has 0 heterocycles. The molecule has 0 atom stereocenters. The van der Waals surface area contributed by atoms with Crippen LogP contribution in [-0.2, 0) is 6.42 Å². The molecule has 0 radical (unpaired) electrons. The topological polar surface area (TPSA) is 58.9 Å². The maximum absolute atomic E-state index is 12.9. The summed E-state index contributed by atoms with van der Waals surface area (Å²) in [5.74, 6) is 0.145. The van der Waals surface area contributed by atoms with E-state index in [0.717, 1.165) is 73.4 Å². The van der Waals surface area contributed by atoms with Crippen LogP contribution >= 0.6 is 0 Å². The molecule has 210 valence electrons. The van der Waals surface area contributed by atoms with Gasteiger partial charge in [0.05, 0.1) is 11.4 Å². The molecular weight excluding hydrogens is 552 g/mol. The fourth-order valence-electron chi connectivity index (χ4n) is 6.89. The van der Waals surface area contributed by atoms with E-state index in [0.29, 0.717) is 0 Å². The van der Waals surface area contributed by atoms with Crippen molar-refractivity contribution >= 4 is 35.4 Å². The van der Waals surface area contributed by atoms with Crippen molar-refractivity contribution in [1.29, 1.82) is 0 Å². The molecule has 3 aliphatic rings. The molecule has 0 spiro atoms. The van der Waals surface area contributed by atoms with E-state index in [1.54, 1.807) is 0 Å². The van der Waals surface area contributed by atoms with Crippen LogP contribution in [-0.4, -0.2) is 24.0 Å². The number of rotatable bonds is 4. The molecule has 9 rings (SSSR count). The zero-order chi connectivity index (χ0) is 30.1. The quantitative estimate of drug-likeness (QED) is 0.196. The average Bonchev–Trinajstić information content (AvgIpc) is 3.69. The van der Waals surface area contributed by atoms with Gasteiger partial charge < -0.3 is 0 Å². The van der Waals surface area contributed by atoms with Gasteiger partial charge >= 0.3 is 0 Å². The van der Waals surface area contributed by atoms with E-state index in [1.807, 2.05) is 109 Å². The fraction of sp³-hybridized carbons (Fsp3) is 0.0244. The summed E-state index contributed by atoms with van der Waals surface area (Å²) in [4.78, 5) is 35.3. The van der Waals surface area contributed by atoms with Crippen LogP contribution < -0.4 is 0 Å². The number of ketones is 2. The van der Waals surface area contributed by atoms with Crippen molar-refractivity contribution in [2.75, 3.05) is 0 Å². The van der Waals surface area contributed by atoms with Gasteiger partial charge in [-0.05, 0) is 98.5 Å². The molecule has 0 aromatic heterocycles. The van der Waals surface area contributed by atoms with Crippen LogP contribution in [0.5, 0.6) is 0 Å². The van der Waals surface area contributed by atoms with Crippen molar-refractivity contribution in [3.8, 4) is 33.4 Å². The zero-order valence-corrected chi connectivity index (χ0v) is 24.1. The number of hydrogen-bond acceptors (Lipinski definition) is 4. The number of aliphatic imine (C=N–C) groups is 2. The van der Waals surface area contributed by atoms with Crippen LogP contribution in [0.15, 0.2) is 131 Å². The van der Waals surface area contributed by atoms with Crippen LogP contribution in [0.3, 0.4) is 0 Å². The molecule has 0 N–H and O–H groups in total. The number of hydrogen-bond donors (Lipinski definition) is 0. The fourth-order valence-corrected chi connectivity index (χ4v) is 6.89. The Morgan fingerprint density at radius 2 is 0.800 bits per heavy atom. The Balaban J connectivity index is 0.928. The maximum Gasteiger partial charge on any atom is 0.194 e. The molecule has 0 amide bonds. The molecule has 3 aliphatic carbocycles. The van der Waals surface area contributed by atoms with Crippen LogP contribution in [0.25, 0.3) is 33.4 Å². The largest absolute Gasteiger partial charge is 0.289 e. The van der Waals surface area contributed by atoms with E-state index < -0.39 is 0 Å². The van der Waals surface area contributed by atoms with E-state index >= 15 is 0 Å². The number of fused-ring (bicyclic) bond motifs is 9. The Morgan fingerprint density at radius 3 is 1.27 bits per heavy atom. The van der Waals surface area contributed by atoms with Crippen molar-refractivity contribution in [2.45, 2.75) is 6.42 Å². The summed E-state index contributed by atoms with van der Waals surface area (Å²) in [6.07, 6.45) is 4.48. The molecule has 4 heteroatoms. The molecular formula is C41H24N2O2. The van der Waals surface area contributed by atoms with Crippen molar-refractivity contribution in [3.63, 3.8) is 0 Å². The molecule has 0 bridgehead atoms. The predicted molar refractivity (Wildman–Crippen MR) is 180 cm³/mol. The van der Waals surface area contributed by atoms with Gasteiger partial charge in [0.2, 0.25) is 0 Å². The second-order valence-electron chi connectivity index (χ2n) is 11.7. The van der Waals surface area contributed by atoms with E-state index in [1.165, 1.54) is 22.3 Å². The standard InChI is InChI=1S/C41H24N2O2/c44-40-36-7-3-1-5-32(36)34-13-9-24(17-38(34)40)22-42-28-11-15-30-26(20-28)19-27-21-29(12-16-31(27)30)43-23-25-10-14-35-33-6-2-4-8-37(33)41(45)39(35)18-25/h1-18,20-23H,19H2. The molecule has 6 aromatic carbocycles. The summed E-state index contributed by atoms with van der Waals surface area (Å²) in [5, 5.41) is 0. The van der Waals surface area contributed by atoms with Gasteiger partial charge in [0.15, 0.2) is 11.6 Å². The second-order valence-corrected chi connectivity index (χ2v) is 11.7. The molecule has 4 nitrogen and oxygen atoms in total. The third-order valence-corrected chi connectivity index (χ3v) is 9.07. The van der Waals surface area contributed by atoms with Gasteiger partial charge in [-0.2, -0.15) is 0 Å². The molecule has 0 aliphatic heterocycles. The highest BCUT2D eigenvalue weighted by Gasteiger charge is 2.27.